The molecule has 2 nitrogen and oxygen atoms in total. The van der Waals surface area contributed by atoms with E-state index in [4.69, 9.17) is 16.3 Å². The molecule has 0 radical (unpaired) electrons. The summed E-state index contributed by atoms with van der Waals surface area (Å²) >= 11 is 6.06. The fraction of sp³-hybridized carbons (Fsp3) is 0.625. The normalized spacial score (nSPS) is 20.8. The van der Waals surface area contributed by atoms with E-state index in [9.17, 15) is 0 Å². The second-order valence-corrected chi connectivity index (χ2v) is 6.36. The van der Waals surface area contributed by atoms with Crippen LogP contribution in [0.2, 0.25) is 5.02 Å². The van der Waals surface area contributed by atoms with Crippen molar-refractivity contribution in [1.82, 2.24) is 5.32 Å². The Morgan fingerprint density at radius 3 is 2.79 bits per heavy atom. The first kappa shape index (κ1) is 14.7. The maximum Gasteiger partial charge on any atom is 0.120 e. The number of nitrogens with one attached hydrogen (secondary N) is 1. The summed E-state index contributed by atoms with van der Waals surface area (Å²) in [6.45, 7) is 8.72. The lowest BCUT2D eigenvalue weighted by atomic mass is 9.93. The summed E-state index contributed by atoms with van der Waals surface area (Å²) in [5, 5.41) is 4.23. The molecule has 2 atom stereocenters. The molecule has 0 saturated carbocycles. The summed E-state index contributed by atoms with van der Waals surface area (Å²) < 4.78 is 6.25. The van der Waals surface area contributed by atoms with Crippen LogP contribution in [-0.2, 0) is 0 Å². The summed E-state index contributed by atoms with van der Waals surface area (Å²) in [6, 6.07) is 5.94. The van der Waals surface area contributed by atoms with Crippen molar-refractivity contribution in [3.05, 3.63) is 28.8 Å². The van der Waals surface area contributed by atoms with Gasteiger partial charge in [-0.05, 0) is 56.0 Å². The van der Waals surface area contributed by atoms with Crippen molar-refractivity contribution >= 4 is 11.6 Å². The van der Waals surface area contributed by atoms with Gasteiger partial charge in [0.15, 0.2) is 0 Å². The summed E-state index contributed by atoms with van der Waals surface area (Å²) in [6.07, 6.45) is 2.62. The van der Waals surface area contributed by atoms with Crippen molar-refractivity contribution in [1.29, 1.82) is 0 Å². The molecule has 1 aliphatic heterocycles. The Balaban J connectivity index is 2.07. The molecule has 1 heterocycles. The first-order valence-electron chi connectivity index (χ1n) is 7.19. The van der Waals surface area contributed by atoms with Crippen LogP contribution in [0.4, 0.5) is 0 Å². The Labute approximate surface area is 121 Å². The minimum atomic E-state index is 0.301. The molecule has 1 aromatic rings. The number of hydrogen-bond donors (Lipinski definition) is 1. The lowest BCUT2D eigenvalue weighted by Crippen LogP contribution is -2.30. The Morgan fingerprint density at radius 2 is 2.21 bits per heavy atom. The number of halogens is 1. The molecule has 1 saturated heterocycles. The van der Waals surface area contributed by atoms with E-state index in [0.29, 0.717) is 17.9 Å². The maximum atomic E-state index is 6.25. The van der Waals surface area contributed by atoms with E-state index < -0.39 is 0 Å². The molecule has 0 bridgehead atoms. The number of rotatable bonds is 5. The van der Waals surface area contributed by atoms with Crippen molar-refractivity contribution in [3.63, 3.8) is 0 Å². The third-order valence-electron chi connectivity index (χ3n) is 3.74. The van der Waals surface area contributed by atoms with E-state index in [2.05, 4.69) is 19.2 Å². The van der Waals surface area contributed by atoms with Crippen LogP contribution < -0.4 is 10.1 Å². The quantitative estimate of drug-likeness (QED) is 0.879. The molecule has 0 spiro atoms. The van der Waals surface area contributed by atoms with E-state index >= 15 is 0 Å². The van der Waals surface area contributed by atoms with Gasteiger partial charge < -0.3 is 10.1 Å². The highest BCUT2D eigenvalue weighted by Gasteiger charge is 2.27. The summed E-state index contributed by atoms with van der Waals surface area (Å²) in [7, 11) is 0. The van der Waals surface area contributed by atoms with Gasteiger partial charge in [-0.2, -0.15) is 0 Å². The smallest absolute Gasteiger partial charge is 0.120 e. The van der Waals surface area contributed by atoms with Gasteiger partial charge in [-0.15, -0.1) is 0 Å². The zero-order valence-corrected chi connectivity index (χ0v) is 12.8. The Bertz CT molecular complexity index is 413. The Kier molecular flexibility index (Phi) is 5.12. The van der Waals surface area contributed by atoms with Gasteiger partial charge in [-0.3, -0.25) is 0 Å². The van der Waals surface area contributed by atoms with Crippen molar-refractivity contribution < 1.29 is 4.74 Å². The fourth-order valence-corrected chi connectivity index (χ4v) is 2.78. The largest absolute Gasteiger partial charge is 0.490 e. The minimum absolute atomic E-state index is 0.301. The van der Waals surface area contributed by atoms with Crippen molar-refractivity contribution in [2.45, 2.75) is 39.7 Å². The van der Waals surface area contributed by atoms with Crippen LogP contribution in [0.1, 0.15) is 32.3 Å². The maximum absolute atomic E-state index is 6.25. The molecule has 1 N–H and O–H groups in total. The summed E-state index contributed by atoms with van der Waals surface area (Å²) in [4.78, 5) is 0. The highest BCUT2D eigenvalue weighted by atomic mass is 35.5. The van der Waals surface area contributed by atoms with E-state index in [1.54, 1.807) is 0 Å². The molecule has 19 heavy (non-hydrogen) atoms. The van der Waals surface area contributed by atoms with Crippen molar-refractivity contribution in [3.8, 4) is 5.75 Å². The van der Waals surface area contributed by atoms with Crippen molar-refractivity contribution in [2.75, 3.05) is 13.1 Å². The molecule has 1 unspecified atom stereocenters. The molecule has 1 aliphatic rings. The highest BCUT2D eigenvalue weighted by molar-refractivity contribution is 6.31. The lowest BCUT2D eigenvalue weighted by molar-refractivity contribution is 0.119. The zero-order chi connectivity index (χ0) is 13.8. The molecule has 0 aromatic heterocycles. The predicted molar refractivity (Wildman–Crippen MR) is 81.0 cm³/mol. The average molecular weight is 282 g/mol. The van der Waals surface area contributed by atoms with Crippen LogP contribution in [0.25, 0.3) is 0 Å². The molecule has 1 aromatic carbocycles. The standard InChI is InChI=1S/C16H24ClNO/c1-11(2)8-16(13-6-7-18-10-13)19-14-4-5-15(17)12(3)9-14/h4-5,9,11,13,16,18H,6-8,10H2,1-3H3/t13?,16-/m0/s1. The van der Waals surface area contributed by atoms with Crippen LogP contribution in [0.3, 0.4) is 0 Å². The van der Waals surface area contributed by atoms with Gasteiger partial charge >= 0.3 is 0 Å². The number of aryl methyl sites for hydroxylation is 1. The minimum Gasteiger partial charge on any atom is -0.490 e. The molecule has 0 amide bonds. The fourth-order valence-electron chi connectivity index (χ4n) is 2.66. The van der Waals surface area contributed by atoms with Crippen LogP contribution in [-0.4, -0.2) is 19.2 Å². The Hall–Kier alpha value is -0.730. The highest BCUT2D eigenvalue weighted by Crippen LogP contribution is 2.27. The van der Waals surface area contributed by atoms with E-state index in [0.717, 1.165) is 35.8 Å². The second kappa shape index (κ2) is 6.62. The first-order valence-corrected chi connectivity index (χ1v) is 7.57. The number of benzene rings is 1. The van der Waals surface area contributed by atoms with Gasteiger partial charge in [0.2, 0.25) is 0 Å². The summed E-state index contributed by atoms with van der Waals surface area (Å²) in [5.41, 5.74) is 1.08. The molecule has 2 rings (SSSR count). The molecule has 3 heteroatoms. The molecular weight excluding hydrogens is 258 g/mol. The first-order chi connectivity index (χ1) is 9.06. The monoisotopic (exact) mass is 281 g/mol. The van der Waals surface area contributed by atoms with Crippen molar-refractivity contribution in [2.24, 2.45) is 11.8 Å². The third-order valence-corrected chi connectivity index (χ3v) is 4.17. The van der Waals surface area contributed by atoms with Gasteiger partial charge in [0.1, 0.15) is 11.9 Å². The molecule has 0 aliphatic carbocycles. The zero-order valence-electron chi connectivity index (χ0n) is 12.1. The molecule has 106 valence electrons. The van der Waals surface area contributed by atoms with Gasteiger partial charge in [0.25, 0.3) is 0 Å². The van der Waals surface area contributed by atoms with Gasteiger partial charge in [0, 0.05) is 17.5 Å². The van der Waals surface area contributed by atoms with Gasteiger partial charge in [-0.1, -0.05) is 25.4 Å². The molecular formula is C16H24ClNO. The summed E-state index contributed by atoms with van der Waals surface area (Å²) in [5.74, 6) is 2.22. The SMILES string of the molecule is Cc1cc(O[C@@H](CC(C)C)C2CCNC2)ccc1Cl. The number of hydrogen-bond acceptors (Lipinski definition) is 2. The predicted octanol–water partition coefficient (Wildman–Crippen LogP) is 4.05. The van der Waals surface area contributed by atoms with E-state index in [-0.39, 0.29) is 0 Å². The topological polar surface area (TPSA) is 21.3 Å². The van der Waals surface area contributed by atoms with Crippen LogP contribution >= 0.6 is 11.6 Å². The van der Waals surface area contributed by atoms with E-state index in [1.807, 2.05) is 25.1 Å². The molecule has 1 fully saturated rings. The van der Waals surface area contributed by atoms with Gasteiger partial charge in [0.05, 0.1) is 0 Å². The van der Waals surface area contributed by atoms with E-state index in [1.165, 1.54) is 6.42 Å². The Morgan fingerprint density at radius 1 is 1.42 bits per heavy atom. The van der Waals surface area contributed by atoms with Crippen LogP contribution in [0.15, 0.2) is 18.2 Å². The number of ether oxygens (including phenoxy) is 1. The lowest BCUT2D eigenvalue weighted by Gasteiger charge is -2.26. The van der Waals surface area contributed by atoms with Crippen LogP contribution in [0.5, 0.6) is 5.75 Å². The average Bonchev–Trinajstić information content (AvgIpc) is 2.86. The third kappa shape index (κ3) is 4.12. The van der Waals surface area contributed by atoms with Gasteiger partial charge in [-0.25, -0.2) is 0 Å². The second-order valence-electron chi connectivity index (χ2n) is 5.95. The van der Waals surface area contributed by atoms with Crippen LogP contribution in [0, 0.1) is 18.8 Å².